The minimum absolute atomic E-state index is 0.150. The van der Waals surface area contributed by atoms with E-state index in [-0.39, 0.29) is 5.56 Å². The Morgan fingerprint density at radius 1 is 1.27 bits per heavy atom. The molecular weight excluding hydrogens is 386 g/mol. The lowest BCUT2D eigenvalue weighted by Gasteiger charge is -2.12. The molecule has 5 rings (SSSR count). The predicted octanol–water partition coefficient (Wildman–Crippen LogP) is 4.37. The number of aryl methyl sites for hydroxylation is 2. The summed E-state index contributed by atoms with van der Waals surface area (Å²) in [4.78, 5) is 11.8. The van der Waals surface area contributed by atoms with Crippen molar-refractivity contribution in [3.8, 4) is 22.5 Å². The molecule has 0 radical (unpaired) electrons. The third-order valence-corrected chi connectivity index (χ3v) is 5.33. The molecule has 1 aliphatic heterocycles. The molecule has 4 aromatic heterocycles. The van der Waals surface area contributed by atoms with Crippen LogP contribution in [0.3, 0.4) is 0 Å². The largest absolute Gasteiger partial charge is 0.478 e. The lowest BCUT2D eigenvalue weighted by molar-refractivity contribution is 0.0695. The van der Waals surface area contributed by atoms with Crippen molar-refractivity contribution in [2.75, 3.05) is 13.2 Å². The number of ether oxygens (including phenoxy) is 1. The first kappa shape index (κ1) is 18.4. The highest BCUT2D eigenvalue weighted by Crippen LogP contribution is 2.35. The van der Waals surface area contributed by atoms with Gasteiger partial charge in [0.05, 0.1) is 36.2 Å². The van der Waals surface area contributed by atoms with Gasteiger partial charge in [0.25, 0.3) is 0 Å². The van der Waals surface area contributed by atoms with Crippen molar-refractivity contribution >= 4 is 17.1 Å². The van der Waals surface area contributed by atoms with Crippen molar-refractivity contribution in [2.45, 2.75) is 20.3 Å². The van der Waals surface area contributed by atoms with E-state index in [1.54, 1.807) is 16.8 Å². The first-order valence-corrected chi connectivity index (χ1v) is 9.58. The summed E-state index contributed by atoms with van der Waals surface area (Å²) in [6.07, 6.45) is 6.08. The Balaban J connectivity index is 1.64. The zero-order chi connectivity index (χ0) is 20.8. The quantitative estimate of drug-likeness (QED) is 0.538. The Kier molecular flexibility index (Phi) is 4.29. The van der Waals surface area contributed by atoms with Crippen LogP contribution in [0.4, 0.5) is 0 Å². The molecule has 152 valence electrons. The molecule has 8 heteroatoms. The van der Waals surface area contributed by atoms with Crippen molar-refractivity contribution in [1.29, 1.82) is 0 Å². The van der Waals surface area contributed by atoms with Crippen LogP contribution >= 0.6 is 0 Å². The summed E-state index contributed by atoms with van der Waals surface area (Å²) in [6.45, 7) is 4.75. The van der Waals surface area contributed by atoms with Crippen molar-refractivity contribution in [3.63, 3.8) is 0 Å². The molecule has 5 heterocycles. The Morgan fingerprint density at radius 3 is 2.83 bits per heavy atom. The van der Waals surface area contributed by atoms with Gasteiger partial charge >= 0.3 is 5.97 Å². The monoisotopic (exact) mass is 405 g/mol. The highest BCUT2D eigenvalue weighted by atomic mass is 16.5. The number of furan rings is 1. The Labute approximate surface area is 171 Å². The highest BCUT2D eigenvalue weighted by molar-refractivity contribution is 5.95. The van der Waals surface area contributed by atoms with Crippen LogP contribution in [0.25, 0.3) is 33.5 Å². The Morgan fingerprint density at radius 2 is 2.13 bits per heavy atom. The summed E-state index contributed by atoms with van der Waals surface area (Å²) in [5.41, 5.74) is 5.20. The van der Waals surface area contributed by atoms with Crippen molar-refractivity contribution in [1.82, 2.24) is 14.8 Å². The lowest BCUT2D eigenvalue weighted by atomic mass is 10.0. The number of aromatic nitrogens is 3. The maximum Gasteiger partial charge on any atom is 0.339 e. The van der Waals surface area contributed by atoms with Crippen LogP contribution in [0, 0.1) is 13.8 Å². The fourth-order valence-corrected chi connectivity index (χ4v) is 3.86. The smallest absolute Gasteiger partial charge is 0.339 e. The van der Waals surface area contributed by atoms with E-state index < -0.39 is 5.97 Å². The van der Waals surface area contributed by atoms with Gasteiger partial charge in [0.2, 0.25) is 0 Å². The van der Waals surface area contributed by atoms with E-state index in [0.717, 1.165) is 33.5 Å². The van der Waals surface area contributed by atoms with E-state index in [0.29, 0.717) is 36.9 Å². The minimum atomic E-state index is -1.02. The number of carboxylic acids is 1. The number of rotatable bonds is 4. The van der Waals surface area contributed by atoms with Crippen LogP contribution in [0.15, 0.2) is 45.6 Å². The number of carboxylic acid groups (broad SMARTS) is 1. The first-order valence-electron chi connectivity index (χ1n) is 9.58. The van der Waals surface area contributed by atoms with Crippen molar-refractivity contribution < 1.29 is 23.6 Å². The van der Waals surface area contributed by atoms with E-state index in [4.69, 9.17) is 13.7 Å². The number of carbonyl (C=O) groups is 1. The molecule has 4 aromatic rings. The van der Waals surface area contributed by atoms with Crippen LogP contribution < -0.4 is 0 Å². The van der Waals surface area contributed by atoms with Gasteiger partial charge in [-0.2, -0.15) is 5.10 Å². The second kappa shape index (κ2) is 7.00. The van der Waals surface area contributed by atoms with Crippen LogP contribution in [-0.4, -0.2) is 39.1 Å². The molecular formula is C22H19N3O5. The SMILES string of the molecule is Cc1noc(C)c1-c1cnn2ccc(-c3cc(C(=O)O)c(C4=CCOCC4)o3)cc12. The summed E-state index contributed by atoms with van der Waals surface area (Å²) >= 11 is 0. The molecule has 0 fully saturated rings. The van der Waals surface area contributed by atoms with Gasteiger partial charge in [0.15, 0.2) is 0 Å². The van der Waals surface area contributed by atoms with E-state index in [1.165, 1.54) is 0 Å². The zero-order valence-electron chi connectivity index (χ0n) is 16.5. The molecule has 8 nitrogen and oxygen atoms in total. The number of fused-ring (bicyclic) bond motifs is 1. The number of nitrogens with zero attached hydrogens (tertiary/aromatic N) is 3. The second-order valence-electron chi connectivity index (χ2n) is 7.22. The van der Waals surface area contributed by atoms with Gasteiger partial charge in [-0.05, 0) is 44.0 Å². The maximum atomic E-state index is 11.8. The third kappa shape index (κ3) is 2.93. The van der Waals surface area contributed by atoms with Gasteiger partial charge in [-0.3, -0.25) is 0 Å². The molecule has 0 aromatic carbocycles. The molecule has 0 aliphatic carbocycles. The first-order chi connectivity index (χ1) is 14.5. The molecule has 1 N–H and O–H groups in total. The average Bonchev–Trinajstić information content (AvgIpc) is 3.45. The highest BCUT2D eigenvalue weighted by Gasteiger charge is 2.23. The fourth-order valence-electron chi connectivity index (χ4n) is 3.86. The van der Waals surface area contributed by atoms with Crippen LogP contribution in [0.2, 0.25) is 0 Å². The lowest BCUT2D eigenvalue weighted by Crippen LogP contribution is -2.06. The van der Waals surface area contributed by atoms with Gasteiger partial charge in [-0.15, -0.1) is 0 Å². The second-order valence-corrected chi connectivity index (χ2v) is 7.22. The molecule has 0 atom stereocenters. The molecule has 30 heavy (non-hydrogen) atoms. The molecule has 0 amide bonds. The van der Waals surface area contributed by atoms with E-state index >= 15 is 0 Å². The summed E-state index contributed by atoms with van der Waals surface area (Å²) in [6, 6.07) is 5.36. The third-order valence-electron chi connectivity index (χ3n) is 5.33. The van der Waals surface area contributed by atoms with E-state index in [2.05, 4.69) is 10.3 Å². The normalized spacial score (nSPS) is 14.3. The molecule has 0 unspecified atom stereocenters. The number of aromatic carboxylic acids is 1. The van der Waals surface area contributed by atoms with Gasteiger partial charge in [0.1, 0.15) is 22.8 Å². The summed E-state index contributed by atoms with van der Waals surface area (Å²) in [7, 11) is 0. The van der Waals surface area contributed by atoms with Crippen LogP contribution in [0.1, 0.15) is 34.0 Å². The number of hydrogen-bond donors (Lipinski definition) is 1. The Bertz CT molecular complexity index is 1290. The topological polar surface area (TPSA) is 103 Å². The summed E-state index contributed by atoms with van der Waals surface area (Å²) in [5.74, 6) is 0.574. The van der Waals surface area contributed by atoms with Gasteiger partial charge in [-0.25, -0.2) is 9.31 Å². The van der Waals surface area contributed by atoms with Crippen LogP contribution in [-0.2, 0) is 4.74 Å². The zero-order valence-corrected chi connectivity index (χ0v) is 16.5. The summed E-state index contributed by atoms with van der Waals surface area (Å²) in [5, 5.41) is 18.1. The van der Waals surface area contributed by atoms with Crippen molar-refractivity contribution in [3.05, 3.63) is 59.4 Å². The average molecular weight is 405 g/mol. The molecule has 0 saturated heterocycles. The van der Waals surface area contributed by atoms with Gasteiger partial charge in [0, 0.05) is 17.3 Å². The molecule has 1 aliphatic rings. The van der Waals surface area contributed by atoms with Crippen molar-refractivity contribution in [2.24, 2.45) is 0 Å². The standard InChI is InChI=1S/C22H19N3O5/c1-12-20(13(2)30-24-12)17-11-23-25-6-3-15(9-18(17)25)19-10-16(22(26)27)21(29-19)14-4-7-28-8-5-14/h3-4,6,9-11H,5,7-8H2,1-2H3,(H,26,27). The van der Waals surface area contributed by atoms with Gasteiger partial charge in [-0.1, -0.05) is 11.2 Å². The molecule has 0 bridgehead atoms. The predicted molar refractivity (Wildman–Crippen MR) is 108 cm³/mol. The number of pyridine rings is 1. The van der Waals surface area contributed by atoms with Crippen LogP contribution in [0.5, 0.6) is 0 Å². The minimum Gasteiger partial charge on any atom is -0.478 e. The maximum absolute atomic E-state index is 11.8. The van der Waals surface area contributed by atoms with E-state index in [9.17, 15) is 9.90 Å². The number of hydrogen-bond acceptors (Lipinski definition) is 6. The fraction of sp³-hybridized carbons (Fsp3) is 0.227. The molecule has 0 saturated carbocycles. The van der Waals surface area contributed by atoms with Gasteiger partial charge < -0.3 is 18.8 Å². The van der Waals surface area contributed by atoms with E-state index in [1.807, 2.05) is 38.3 Å². The molecule has 0 spiro atoms. The summed E-state index contributed by atoms with van der Waals surface area (Å²) < 4.78 is 18.4. The Hall–Kier alpha value is -3.65.